The van der Waals surface area contributed by atoms with Crippen LogP contribution in [-0.2, 0) is 4.79 Å². The molecule has 0 saturated heterocycles. The number of carbonyl (C=O) groups is 1. The van der Waals surface area contributed by atoms with Gasteiger partial charge in [-0.25, -0.2) is 9.82 Å². The minimum Gasteiger partial charge on any atom is -0.484 e. The number of hydrazone groups is 1. The lowest BCUT2D eigenvalue weighted by Gasteiger charge is -2.04. The van der Waals surface area contributed by atoms with Gasteiger partial charge in [0, 0.05) is 0 Å². The summed E-state index contributed by atoms with van der Waals surface area (Å²) in [5.41, 5.74) is 2.15. The van der Waals surface area contributed by atoms with Crippen LogP contribution in [0.1, 0.15) is 5.76 Å². The molecule has 1 aromatic heterocycles. The largest absolute Gasteiger partial charge is 0.484 e. The lowest BCUT2D eigenvalue weighted by atomic mass is 10.3. The van der Waals surface area contributed by atoms with Gasteiger partial charge in [-0.2, -0.15) is 5.10 Å². The fourth-order valence-electron chi connectivity index (χ4n) is 1.39. The standard InChI is InChI=1S/C13H10FN3O5/c14-9-1-3-10(4-2-9)21-8-12(18)16-15-7-11-5-6-13(22-11)17(19)20/h1-7H,8H2,(H,16,18)/b15-7-. The molecule has 1 heterocycles. The molecule has 0 aliphatic rings. The Bertz CT molecular complexity index is 696. The lowest BCUT2D eigenvalue weighted by molar-refractivity contribution is -0.402. The molecule has 0 bridgehead atoms. The first kappa shape index (κ1) is 15.2. The van der Waals surface area contributed by atoms with Crippen LogP contribution in [0.4, 0.5) is 10.3 Å². The summed E-state index contributed by atoms with van der Waals surface area (Å²) in [4.78, 5) is 21.1. The van der Waals surface area contributed by atoms with Crippen LogP contribution in [0.3, 0.4) is 0 Å². The highest BCUT2D eigenvalue weighted by atomic mass is 19.1. The molecule has 2 rings (SSSR count). The molecule has 0 spiro atoms. The molecule has 1 N–H and O–H groups in total. The fourth-order valence-corrected chi connectivity index (χ4v) is 1.39. The normalized spacial score (nSPS) is 10.6. The third-order valence-corrected chi connectivity index (χ3v) is 2.36. The highest BCUT2D eigenvalue weighted by Crippen LogP contribution is 2.13. The van der Waals surface area contributed by atoms with Gasteiger partial charge in [0.05, 0.1) is 12.3 Å². The zero-order valence-corrected chi connectivity index (χ0v) is 11.1. The molecule has 0 aliphatic heterocycles. The zero-order valence-electron chi connectivity index (χ0n) is 11.1. The van der Waals surface area contributed by atoms with E-state index in [1.165, 1.54) is 36.4 Å². The second-order valence-electron chi connectivity index (χ2n) is 3.97. The van der Waals surface area contributed by atoms with Gasteiger partial charge >= 0.3 is 5.88 Å². The minimum absolute atomic E-state index is 0.117. The smallest absolute Gasteiger partial charge is 0.433 e. The van der Waals surface area contributed by atoms with Crippen molar-refractivity contribution in [2.24, 2.45) is 5.10 Å². The van der Waals surface area contributed by atoms with Crippen molar-refractivity contribution in [1.82, 2.24) is 5.43 Å². The van der Waals surface area contributed by atoms with Gasteiger partial charge in [-0.1, -0.05) is 0 Å². The number of ether oxygens (including phenoxy) is 1. The Balaban J connectivity index is 1.78. The maximum atomic E-state index is 12.7. The summed E-state index contributed by atoms with van der Waals surface area (Å²) in [7, 11) is 0. The van der Waals surface area contributed by atoms with Crippen molar-refractivity contribution in [3.05, 3.63) is 58.1 Å². The summed E-state index contributed by atoms with van der Waals surface area (Å²) in [6.07, 6.45) is 1.11. The number of nitrogens with zero attached hydrogens (tertiary/aromatic N) is 2. The number of rotatable bonds is 6. The second-order valence-corrected chi connectivity index (χ2v) is 3.97. The van der Waals surface area contributed by atoms with Gasteiger partial charge < -0.3 is 9.15 Å². The van der Waals surface area contributed by atoms with Crippen molar-refractivity contribution in [3.63, 3.8) is 0 Å². The molecule has 0 saturated carbocycles. The van der Waals surface area contributed by atoms with Crippen LogP contribution in [0.25, 0.3) is 0 Å². The predicted octanol–water partition coefficient (Wildman–Crippen LogP) is 1.86. The molecule has 0 unspecified atom stereocenters. The average Bonchev–Trinajstić information content (AvgIpc) is 2.96. The van der Waals surface area contributed by atoms with Crippen molar-refractivity contribution >= 4 is 18.0 Å². The van der Waals surface area contributed by atoms with Gasteiger partial charge in [-0.05, 0) is 30.3 Å². The summed E-state index contributed by atoms with van der Waals surface area (Å²) in [6, 6.07) is 7.68. The van der Waals surface area contributed by atoms with Crippen LogP contribution in [0.15, 0.2) is 45.9 Å². The zero-order chi connectivity index (χ0) is 15.9. The van der Waals surface area contributed by atoms with E-state index in [-0.39, 0.29) is 12.4 Å². The summed E-state index contributed by atoms with van der Waals surface area (Å²) >= 11 is 0. The molecule has 0 fully saturated rings. The van der Waals surface area contributed by atoms with Gasteiger partial charge in [-0.15, -0.1) is 0 Å². The monoisotopic (exact) mass is 307 g/mol. The topological polar surface area (TPSA) is 107 Å². The van der Waals surface area contributed by atoms with Crippen molar-refractivity contribution < 1.29 is 23.3 Å². The van der Waals surface area contributed by atoms with E-state index in [1.54, 1.807) is 0 Å². The number of furan rings is 1. The number of benzene rings is 1. The van der Waals surface area contributed by atoms with Crippen molar-refractivity contribution in [3.8, 4) is 5.75 Å². The van der Waals surface area contributed by atoms with Gasteiger partial charge in [0.25, 0.3) is 5.91 Å². The van der Waals surface area contributed by atoms with E-state index >= 15 is 0 Å². The first-order chi connectivity index (χ1) is 10.5. The van der Waals surface area contributed by atoms with Gasteiger partial charge in [0.2, 0.25) is 0 Å². The van der Waals surface area contributed by atoms with E-state index < -0.39 is 22.5 Å². The van der Waals surface area contributed by atoms with Gasteiger partial charge in [0.1, 0.15) is 16.5 Å². The molecule has 0 atom stereocenters. The van der Waals surface area contributed by atoms with E-state index in [4.69, 9.17) is 9.15 Å². The Kier molecular flexibility index (Phi) is 4.81. The van der Waals surface area contributed by atoms with E-state index in [0.29, 0.717) is 5.75 Å². The highest BCUT2D eigenvalue weighted by molar-refractivity contribution is 5.81. The van der Waals surface area contributed by atoms with Crippen LogP contribution in [0.5, 0.6) is 5.75 Å². The number of halogens is 1. The first-order valence-electron chi connectivity index (χ1n) is 5.99. The van der Waals surface area contributed by atoms with Crippen molar-refractivity contribution in [2.75, 3.05) is 6.61 Å². The third-order valence-electron chi connectivity index (χ3n) is 2.36. The van der Waals surface area contributed by atoms with E-state index in [1.807, 2.05) is 0 Å². The third kappa shape index (κ3) is 4.40. The lowest BCUT2D eigenvalue weighted by Crippen LogP contribution is -2.24. The number of hydrogen-bond acceptors (Lipinski definition) is 6. The SMILES string of the molecule is O=C(COc1ccc(F)cc1)N/N=C\c1ccc([N+](=O)[O-])o1. The summed E-state index contributed by atoms with van der Waals surface area (Å²) in [5, 5.41) is 14.0. The molecule has 0 radical (unpaired) electrons. The number of carbonyl (C=O) groups excluding carboxylic acids is 1. The van der Waals surface area contributed by atoms with Gasteiger partial charge in [-0.3, -0.25) is 14.9 Å². The van der Waals surface area contributed by atoms with Crippen molar-refractivity contribution in [1.29, 1.82) is 0 Å². The van der Waals surface area contributed by atoms with E-state index in [9.17, 15) is 19.3 Å². The maximum absolute atomic E-state index is 12.7. The van der Waals surface area contributed by atoms with Gasteiger partial charge in [0.15, 0.2) is 12.4 Å². The first-order valence-corrected chi connectivity index (χ1v) is 5.99. The van der Waals surface area contributed by atoms with Crippen LogP contribution < -0.4 is 10.2 Å². The maximum Gasteiger partial charge on any atom is 0.433 e. The van der Waals surface area contributed by atoms with Crippen LogP contribution >= 0.6 is 0 Å². The molecule has 0 aliphatic carbocycles. The molecule has 9 heteroatoms. The number of amides is 1. The molecular weight excluding hydrogens is 297 g/mol. The Hall–Kier alpha value is -3.23. The molecule has 2 aromatic rings. The minimum atomic E-state index is -0.688. The summed E-state index contributed by atoms with van der Waals surface area (Å²) in [5.74, 6) is -0.934. The van der Waals surface area contributed by atoms with E-state index in [2.05, 4.69) is 10.5 Å². The fraction of sp³-hybridized carbons (Fsp3) is 0.0769. The number of nitrogens with one attached hydrogen (secondary N) is 1. The second kappa shape index (κ2) is 6.97. The molecule has 22 heavy (non-hydrogen) atoms. The summed E-state index contributed by atoms with van der Waals surface area (Å²) in [6.45, 7) is -0.318. The molecular formula is C13H10FN3O5. The highest BCUT2D eigenvalue weighted by Gasteiger charge is 2.10. The van der Waals surface area contributed by atoms with E-state index in [0.717, 1.165) is 6.21 Å². The van der Waals surface area contributed by atoms with Crippen molar-refractivity contribution in [2.45, 2.75) is 0 Å². The number of nitro groups is 1. The van der Waals surface area contributed by atoms with Crippen LogP contribution in [0.2, 0.25) is 0 Å². The molecule has 8 nitrogen and oxygen atoms in total. The Morgan fingerprint density at radius 2 is 2.09 bits per heavy atom. The Morgan fingerprint density at radius 3 is 2.73 bits per heavy atom. The summed E-state index contributed by atoms with van der Waals surface area (Å²) < 4.78 is 22.6. The van der Waals surface area contributed by atoms with Crippen LogP contribution in [-0.4, -0.2) is 23.7 Å². The van der Waals surface area contributed by atoms with Crippen LogP contribution in [0, 0.1) is 15.9 Å². The quantitative estimate of drug-likeness (QED) is 0.498. The Morgan fingerprint density at radius 1 is 1.36 bits per heavy atom. The molecule has 1 amide bonds. The molecule has 114 valence electrons. The average molecular weight is 307 g/mol. The molecule has 1 aromatic carbocycles. The Labute approximate surface area is 123 Å². The number of hydrogen-bond donors (Lipinski definition) is 1. The predicted molar refractivity (Wildman–Crippen MR) is 73.0 cm³/mol.